The number of aryl methyl sites for hydroxylation is 2. The molecular weight excluding hydrogens is 502 g/mol. The predicted molar refractivity (Wildman–Crippen MR) is 174 cm³/mol. The van der Waals surface area contributed by atoms with Crippen LogP contribution >= 0.6 is 11.3 Å². The molecule has 0 saturated carbocycles. The number of para-hydroxylation sites is 1. The van der Waals surface area contributed by atoms with Crippen LogP contribution in [0.15, 0.2) is 127 Å². The normalized spacial score (nSPS) is 11.8. The fourth-order valence-corrected chi connectivity index (χ4v) is 7.41. The first-order valence-corrected chi connectivity index (χ1v) is 14.6. The van der Waals surface area contributed by atoms with Crippen LogP contribution in [0.1, 0.15) is 11.1 Å². The average Bonchev–Trinajstić information content (AvgIpc) is 3.52. The maximum atomic E-state index is 2.46. The van der Waals surface area contributed by atoms with Crippen LogP contribution in [0.2, 0.25) is 0 Å². The highest BCUT2D eigenvalue weighted by Crippen LogP contribution is 2.42. The highest BCUT2D eigenvalue weighted by molar-refractivity contribution is 7.25. The van der Waals surface area contributed by atoms with E-state index in [1.807, 2.05) is 11.3 Å². The molecule has 0 atom stereocenters. The summed E-state index contributed by atoms with van der Waals surface area (Å²) in [4.78, 5) is 0. The van der Waals surface area contributed by atoms with E-state index >= 15 is 0 Å². The Morgan fingerprint density at radius 2 is 1.07 bits per heavy atom. The van der Waals surface area contributed by atoms with Crippen LogP contribution in [0.3, 0.4) is 0 Å². The van der Waals surface area contributed by atoms with E-state index in [0.29, 0.717) is 0 Å². The summed E-state index contributed by atoms with van der Waals surface area (Å²) >= 11 is 1.87. The molecule has 0 aliphatic rings. The molecule has 2 heteroatoms. The predicted octanol–water partition coefficient (Wildman–Crippen LogP) is 11.1. The van der Waals surface area contributed by atoms with E-state index in [9.17, 15) is 0 Å². The minimum Gasteiger partial charge on any atom is -0.309 e. The molecule has 0 fully saturated rings. The highest BCUT2D eigenvalue weighted by atomic mass is 32.1. The van der Waals surface area contributed by atoms with Crippen molar-refractivity contribution in [2.75, 3.05) is 0 Å². The molecule has 0 spiro atoms. The van der Waals surface area contributed by atoms with E-state index < -0.39 is 0 Å². The number of benzene rings is 6. The first kappa shape index (κ1) is 23.2. The Labute approximate surface area is 237 Å². The molecule has 8 rings (SSSR count). The number of rotatable bonds is 3. The van der Waals surface area contributed by atoms with E-state index in [0.717, 1.165) is 0 Å². The fraction of sp³-hybridized carbons (Fsp3) is 0.0526. The third kappa shape index (κ3) is 3.53. The SMILES string of the molecule is Cc1ccc2c3ccc(C)cc3n(-c3ccccc3-c3cccc(-c4cccc5sc6ccccc6c45)c3)c2c1. The smallest absolute Gasteiger partial charge is 0.0543 e. The molecule has 0 aliphatic heterocycles. The summed E-state index contributed by atoms with van der Waals surface area (Å²) in [6.07, 6.45) is 0. The number of hydrogen-bond donors (Lipinski definition) is 0. The van der Waals surface area contributed by atoms with E-state index in [4.69, 9.17) is 0 Å². The van der Waals surface area contributed by atoms with Crippen LogP contribution in [0.5, 0.6) is 0 Å². The highest BCUT2D eigenvalue weighted by Gasteiger charge is 2.17. The van der Waals surface area contributed by atoms with Crippen molar-refractivity contribution < 1.29 is 0 Å². The summed E-state index contributed by atoms with van der Waals surface area (Å²) < 4.78 is 5.13. The molecule has 0 radical (unpaired) electrons. The van der Waals surface area contributed by atoms with Crippen LogP contribution in [0.25, 0.3) is 69.9 Å². The van der Waals surface area contributed by atoms with E-state index in [2.05, 4.69) is 146 Å². The number of aromatic nitrogens is 1. The molecule has 0 saturated heterocycles. The third-order valence-corrected chi connectivity index (χ3v) is 9.25. The van der Waals surface area contributed by atoms with Gasteiger partial charge in [0.1, 0.15) is 0 Å². The molecule has 0 unspecified atom stereocenters. The summed E-state index contributed by atoms with van der Waals surface area (Å²) in [5.74, 6) is 0. The lowest BCUT2D eigenvalue weighted by atomic mass is 9.95. The van der Waals surface area contributed by atoms with Gasteiger partial charge in [0.05, 0.1) is 16.7 Å². The molecule has 0 N–H and O–H groups in total. The van der Waals surface area contributed by atoms with Gasteiger partial charge in [0.25, 0.3) is 0 Å². The Balaban J connectivity index is 1.38. The van der Waals surface area contributed by atoms with Gasteiger partial charge in [-0.1, -0.05) is 91.0 Å². The van der Waals surface area contributed by atoms with Crippen LogP contribution in [0.4, 0.5) is 0 Å². The zero-order valence-corrected chi connectivity index (χ0v) is 23.3. The topological polar surface area (TPSA) is 4.93 Å². The average molecular weight is 530 g/mol. The maximum Gasteiger partial charge on any atom is 0.0543 e. The van der Waals surface area contributed by atoms with Gasteiger partial charge in [-0.3, -0.25) is 0 Å². The lowest BCUT2D eigenvalue weighted by Gasteiger charge is -2.15. The van der Waals surface area contributed by atoms with Crippen LogP contribution in [-0.2, 0) is 0 Å². The van der Waals surface area contributed by atoms with E-state index in [-0.39, 0.29) is 0 Å². The lowest BCUT2D eigenvalue weighted by molar-refractivity contribution is 1.18. The summed E-state index contributed by atoms with van der Waals surface area (Å²) in [5, 5.41) is 5.27. The van der Waals surface area contributed by atoms with Crippen molar-refractivity contribution in [3.05, 3.63) is 139 Å². The lowest BCUT2D eigenvalue weighted by Crippen LogP contribution is -1.97. The van der Waals surface area contributed by atoms with Crippen molar-refractivity contribution in [1.82, 2.24) is 4.57 Å². The van der Waals surface area contributed by atoms with Crippen molar-refractivity contribution in [2.45, 2.75) is 13.8 Å². The van der Waals surface area contributed by atoms with Crippen LogP contribution in [-0.4, -0.2) is 4.57 Å². The molecule has 2 heterocycles. The molecule has 190 valence electrons. The molecular formula is C38H27NS. The standard InChI is InChI=1S/C38H27NS/c1-24-17-19-30-31-20-18-25(2)22-35(31)39(34(30)21-24)33-14-5-3-11-28(33)26-9-7-10-27(23-26)29-13-8-16-37-38(29)32-12-4-6-15-36(32)40-37/h3-23H,1-2H3. The van der Waals surface area contributed by atoms with Gasteiger partial charge >= 0.3 is 0 Å². The van der Waals surface area contributed by atoms with Crippen molar-refractivity contribution >= 4 is 53.3 Å². The molecule has 40 heavy (non-hydrogen) atoms. The van der Waals surface area contributed by atoms with Crippen molar-refractivity contribution in [3.63, 3.8) is 0 Å². The maximum absolute atomic E-state index is 2.46. The Bertz CT molecular complexity index is 2190. The van der Waals surface area contributed by atoms with Gasteiger partial charge in [0.15, 0.2) is 0 Å². The minimum atomic E-state index is 1.20. The number of thiophene rings is 1. The fourth-order valence-electron chi connectivity index (χ4n) is 6.28. The van der Waals surface area contributed by atoms with E-state index in [1.54, 1.807) is 0 Å². The number of fused-ring (bicyclic) bond motifs is 6. The summed E-state index contributed by atoms with van der Waals surface area (Å²) in [6, 6.07) is 47.0. The van der Waals surface area contributed by atoms with Crippen LogP contribution in [0, 0.1) is 13.8 Å². The third-order valence-electron chi connectivity index (χ3n) is 8.11. The van der Waals surface area contributed by atoms with Gasteiger partial charge in [-0.05, 0) is 78.1 Å². The first-order valence-electron chi connectivity index (χ1n) is 13.8. The number of hydrogen-bond acceptors (Lipinski definition) is 1. The molecule has 0 bridgehead atoms. The second-order valence-corrected chi connectivity index (χ2v) is 11.8. The van der Waals surface area contributed by atoms with Crippen LogP contribution < -0.4 is 0 Å². The molecule has 6 aromatic carbocycles. The minimum absolute atomic E-state index is 1.20. The summed E-state index contributed by atoms with van der Waals surface area (Å²) in [5.41, 5.74) is 11.2. The number of nitrogens with zero attached hydrogens (tertiary/aromatic N) is 1. The van der Waals surface area contributed by atoms with Gasteiger partial charge in [0, 0.05) is 36.5 Å². The molecule has 2 aromatic heterocycles. The Morgan fingerprint density at radius 3 is 1.85 bits per heavy atom. The summed E-state index contributed by atoms with van der Waals surface area (Å²) in [6.45, 7) is 4.35. The monoisotopic (exact) mass is 529 g/mol. The zero-order valence-electron chi connectivity index (χ0n) is 22.5. The summed E-state index contributed by atoms with van der Waals surface area (Å²) in [7, 11) is 0. The van der Waals surface area contributed by atoms with Crippen molar-refractivity contribution in [2.24, 2.45) is 0 Å². The quantitative estimate of drug-likeness (QED) is 0.214. The van der Waals surface area contributed by atoms with Gasteiger partial charge in [-0.25, -0.2) is 0 Å². The Hall–Kier alpha value is -4.66. The van der Waals surface area contributed by atoms with Gasteiger partial charge in [-0.15, -0.1) is 11.3 Å². The van der Waals surface area contributed by atoms with Crippen molar-refractivity contribution in [3.8, 4) is 27.9 Å². The van der Waals surface area contributed by atoms with Gasteiger partial charge in [-0.2, -0.15) is 0 Å². The van der Waals surface area contributed by atoms with Gasteiger partial charge < -0.3 is 4.57 Å². The molecule has 8 aromatic rings. The first-order chi connectivity index (χ1) is 19.7. The van der Waals surface area contributed by atoms with E-state index in [1.165, 1.54) is 81.0 Å². The van der Waals surface area contributed by atoms with Crippen molar-refractivity contribution in [1.29, 1.82) is 0 Å². The largest absolute Gasteiger partial charge is 0.309 e. The van der Waals surface area contributed by atoms with Gasteiger partial charge in [0.2, 0.25) is 0 Å². The zero-order chi connectivity index (χ0) is 26.8. The molecule has 0 aliphatic carbocycles. The Morgan fingerprint density at radius 1 is 0.475 bits per heavy atom. The molecule has 1 nitrogen and oxygen atoms in total. The second-order valence-electron chi connectivity index (χ2n) is 10.8. The second kappa shape index (κ2) is 8.94. The molecule has 0 amide bonds. The Kier molecular flexibility index (Phi) is 5.20.